The number of ether oxygens (including phenoxy) is 1. The fraction of sp³-hybridized carbons (Fsp3) is 0.625. The second-order valence-corrected chi connectivity index (χ2v) is 6.82. The van der Waals surface area contributed by atoms with E-state index in [4.69, 9.17) is 4.74 Å². The molecule has 2 rings (SSSR count). The van der Waals surface area contributed by atoms with E-state index >= 15 is 0 Å². The monoisotopic (exact) mass is 330 g/mol. The van der Waals surface area contributed by atoms with Gasteiger partial charge < -0.3 is 9.64 Å². The molecule has 23 heavy (non-hydrogen) atoms. The van der Waals surface area contributed by atoms with Crippen molar-refractivity contribution in [3.05, 3.63) is 29.6 Å². The van der Waals surface area contributed by atoms with E-state index in [1.54, 1.807) is 25.7 Å². The van der Waals surface area contributed by atoms with Crippen LogP contribution in [0.3, 0.4) is 0 Å². The third-order valence-corrected chi connectivity index (χ3v) is 3.58. The van der Waals surface area contributed by atoms with Crippen molar-refractivity contribution in [3.63, 3.8) is 0 Å². The topological polar surface area (TPSA) is 42.4 Å². The maximum atomic E-state index is 12.7. The number of carbonyl (C=O) groups excluding carboxylic acids is 1. The Labute approximate surface area is 133 Å². The van der Waals surface area contributed by atoms with Crippen molar-refractivity contribution in [1.82, 2.24) is 9.88 Å². The summed E-state index contributed by atoms with van der Waals surface area (Å²) in [5.41, 5.74) is -0.849. The SMILES string of the molecule is CC(C)(C)OC(=O)N1CCC(Cc2cc(C(F)(F)F)ccn2)C1. The molecule has 0 bridgehead atoms. The molecule has 0 aromatic carbocycles. The van der Waals surface area contributed by atoms with E-state index < -0.39 is 17.3 Å². The Bertz CT molecular complexity index is 567. The van der Waals surface area contributed by atoms with Gasteiger partial charge in [0.25, 0.3) is 0 Å². The zero-order chi connectivity index (χ0) is 17.3. The fourth-order valence-corrected chi connectivity index (χ4v) is 2.55. The molecular weight excluding hydrogens is 309 g/mol. The van der Waals surface area contributed by atoms with E-state index in [9.17, 15) is 18.0 Å². The minimum absolute atomic E-state index is 0.0958. The van der Waals surface area contributed by atoms with Gasteiger partial charge in [-0.2, -0.15) is 13.2 Å². The van der Waals surface area contributed by atoms with Gasteiger partial charge in [-0.15, -0.1) is 0 Å². The highest BCUT2D eigenvalue weighted by molar-refractivity contribution is 5.68. The third kappa shape index (κ3) is 5.11. The summed E-state index contributed by atoms with van der Waals surface area (Å²) in [6.07, 6.45) is -2.41. The Morgan fingerprint density at radius 1 is 1.39 bits per heavy atom. The summed E-state index contributed by atoms with van der Waals surface area (Å²) in [6.45, 7) is 6.42. The van der Waals surface area contributed by atoms with Gasteiger partial charge >= 0.3 is 12.3 Å². The van der Waals surface area contributed by atoms with Crippen molar-refractivity contribution in [1.29, 1.82) is 0 Å². The molecule has 1 aromatic heterocycles. The fourth-order valence-electron chi connectivity index (χ4n) is 2.55. The van der Waals surface area contributed by atoms with Gasteiger partial charge in [0, 0.05) is 25.0 Å². The molecule has 0 radical (unpaired) electrons. The maximum absolute atomic E-state index is 12.7. The van der Waals surface area contributed by atoms with Crippen molar-refractivity contribution in [2.75, 3.05) is 13.1 Å². The highest BCUT2D eigenvalue weighted by Gasteiger charge is 2.32. The van der Waals surface area contributed by atoms with Crippen molar-refractivity contribution in [3.8, 4) is 0 Å². The summed E-state index contributed by atoms with van der Waals surface area (Å²) in [6, 6.07) is 2.04. The van der Waals surface area contributed by atoms with Crippen LogP contribution < -0.4 is 0 Å². The van der Waals surface area contributed by atoms with Gasteiger partial charge in [0.05, 0.1) is 5.56 Å². The van der Waals surface area contributed by atoms with Crippen LogP contribution in [0.1, 0.15) is 38.4 Å². The Hall–Kier alpha value is -1.79. The van der Waals surface area contributed by atoms with E-state index in [0.29, 0.717) is 25.2 Å². The lowest BCUT2D eigenvalue weighted by molar-refractivity contribution is -0.137. The second kappa shape index (κ2) is 6.37. The molecule has 0 spiro atoms. The average Bonchev–Trinajstić information content (AvgIpc) is 2.85. The van der Waals surface area contributed by atoms with Crippen LogP contribution in [0.5, 0.6) is 0 Å². The minimum atomic E-state index is -4.37. The first-order valence-corrected chi connectivity index (χ1v) is 7.54. The van der Waals surface area contributed by atoms with E-state index in [1.165, 1.54) is 6.20 Å². The van der Waals surface area contributed by atoms with Crippen molar-refractivity contribution in [2.24, 2.45) is 5.92 Å². The van der Waals surface area contributed by atoms with Crippen LogP contribution >= 0.6 is 0 Å². The van der Waals surface area contributed by atoms with Crippen LogP contribution in [0.2, 0.25) is 0 Å². The number of aromatic nitrogens is 1. The predicted molar refractivity (Wildman–Crippen MR) is 78.9 cm³/mol. The standard InChI is InChI=1S/C16H21F3N2O2/c1-15(2,3)23-14(22)21-7-5-11(10-21)8-13-9-12(4-6-20-13)16(17,18)19/h4,6,9,11H,5,7-8,10H2,1-3H3. The molecule has 7 heteroatoms. The predicted octanol–water partition coefficient (Wildman–Crippen LogP) is 3.90. The van der Waals surface area contributed by atoms with Crippen LogP contribution in [-0.2, 0) is 17.3 Å². The Morgan fingerprint density at radius 3 is 2.70 bits per heavy atom. The lowest BCUT2D eigenvalue weighted by atomic mass is 10.0. The summed E-state index contributed by atoms with van der Waals surface area (Å²) in [4.78, 5) is 17.6. The van der Waals surface area contributed by atoms with Gasteiger partial charge in [0.2, 0.25) is 0 Å². The molecular formula is C16H21F3N2O2. The van der Waals surface area contributed by atoms with Gasteiger partial charge in [-0.1, -0.05) is 0 Å². The number of halogens is 3. The number of alkyl halides is 3. The molecule has 0 saturated carbocycles. The van der Waals surface area contributed by atoms with Gasteiger partial charge in [-0.05, 0) is 51.7 Å². The Kier molecular flexibility index (Phi) is 4.87. The highest BCUT2D eigenvalue weighted by atomic mass is 19.4. The van der Waals surface area contributed by atoms with Gasteiger partial charge in [0.15, 0.2) is 0 Å². The van der Waals surface area contributed by atoms with Crippen molar-refractivity contribution < 1.29 is 22.7 Å². The highest BCUT2D eigenvalue weighted by Crippen LogP contribution is 2.30. The van der Waals surface area contributed by atoms with Gasteiger partial charge in [-0.3, -0.25) is 4.98 Å². The zero-order valence-electron chi connectivity index (χ0n) is 13.5. The van der Waals surface area contributed by atoms with E-state index in [1.807, 2.05) is 0 Å². The second-order valence-electron chi connectivity index (χ2n) is 6.82. The number of nitrogens with zero attached hydrogens (tertiary/aromatic N) is 2. The number of rotatable bonds is 2. The Balaban J connectivity index is 1.95. The van der Waals surface area contributed by atoms with Crippen LogP contribution in [0.25, 0.3) is 0 Å². The molecule has 128 valence electrons. The number of pyridine rings is 1. The molecule has 1 aliphatic rings. The summed E-state index contributed by atoms with van der Waals surface area (Å²) in [7, 11) is 0. The van der Waals surface area contributed by atoms with Crippen LogP contribution in [0.15, 0.2) is 18.3 Å². The lowest BCUT2D eigenvalue weighted by Crippen LogP contribution is -2.35. The molecule has 4 nitrogen and oxygen atoms in total. The lowest BCUT2D eigenvalue weighted by Gasteiger charge is -2.24. The molecule has 2 heterocycles. The maximum Gasteiger partial charge on any atom is 0.416 e. The largest absolute Gasteiger partial charge is 0.444 e. The minimum Gasteiger partial charge on any atom is -0.444 e. The van der Waals surface area contributed by atoms with E-state index in [0.717, 1.165) is 18.6 Å². The molecule has 1 amide bonds. The van der Waals surface area contributed by atoms with Crippen LogP contribution in [0, 0.1) is 5.92 Å². The molecule has 1 atom stereocenters. The number of carbonyl (C=O) groups is 1. The number of likely N-dealkylation sites (tertiary alicyclic amines) is 1. The molecule has 0 aliphatic carbocycles. The summed E-state index contributed by atoms with van der Waals surface area (Å²) in [5, 5.41) is 0. The zero-order valence-corrected chi connectivity index (χ0v) is 13.5. The molecule has 1 unspecified atom stereocenters. The first kappa shape index (κ1) is 17.6. The number of amides is 1. The van der Waals surface area contributed by atoms with Crippen molar-refractivity contribution in [2.45, 2.75) is 45.4 Å². The summed E-state index contributed by atoms with van der Waals surface area (Å²) < 4.78 is 43.4. The van der Waals surface area contributed by atoms with Gasteiger partial charge in [0.1, 0.15) is 5.60 Å². The van der Waals surface area contributed by atoms with Crippen molar-refractivity contribution >= 4 is 6.09 Å². The number of hydrogen-bond donors (Lipinski definition) is 0. The first-order chi connectivity index (χ1) is 10.5. The molecule has 0 N–H and O–H groups in total. The van der Waals surface area contributed by atoms with Crippen LogP contribution in [0.4, 0.5) is 18.0 Å². The normalized spacial score (nSPS) is 19.0. The first-order valence-electron chi connectivity index (χ1n) is 7.54. The summed E-state index contributed by atoms with van der Waals surface area (Å²) in [5.74, 6) is 0.0958. The van der Waals surface area contributed by atoms with Crippen LogP contribution in [-0.4, -0.2) is 34.7 Å². The third-order valence-electron chi connectivity index (χ3n) is 3.58. The van der Waals surface area contributed by atoms with Gasteiger partial charge in [-0.25, -0.2) is 4.79 Å². The van der Waals surface area contributed by atoms with E-state index in [-0.39, 0.29) is 12.0 Å². The average molecular weight is 330 g/mol. The quantitative estimate of drug-likeness (QED) is 0.826. The smallest absolute Gasteiger partial charge is 0.416 e. The number of hydrogen-bond acceptors (Lipinski definition) is 3. The molecule has 1 fully saturated rings. The van der Waals surface area contributed by atoms with E-state index in [2.05, 4.69) is 4.98 Å². The molecule has 1 aliphatic heterocycles. The summed E-state index contributed by atoms with van der Waals surface area (Å²) >= 11 is 0. The Morgan fingerprint density at radius 2 is 2.09 bits per heavy atom. The molecule has 1 saturated heterocycles. The molecule has 1 aromatic rings.